The zero-order valence-electron chi connectivity index (χ0n) is 16.6. The molecule has 2 aromatic rings. The van der Waals surface area contributed by atoms with E-state index in [4.69, 9.17) is 4.74 Å². The highest BCUT2D eigenvalue weighted by Gasteiger charge is 2.27. The molecule has 0 spiro atoms. The summed E-state index contributed by atoms with van der Waals surface area (Å²) < 4.78 is 33.1. The third-order valence-electron chi connectivity index (χ3n) is 4.90. The number of hydrogen-bond donors (Lipinski definition) is 1. The maximum absolute atomic E-state index is 12.5. The molecule has 10 heteroatoms. The normalized spacial score (nSPS) is 14.7. The minimum atomic E-state index is -3.54. The van der Waals surface area contributed by atoms with E-state index in [0.29, 0.717) is 24.5 Å². The number of anilines is 1. The van der Waals surface area contributed by atoms with Crippen molar-refractivity contribution in [1.29, 1.82) is 0 Å². The fourth-order valence-corrected chi connectivity index (χ4v) is 4.70. The van der Waals surface area contributed by atoms with Crippen molar-refractivity contribution < 1.29 is 22.7 Å². The van der Waals surface area contributed by atoms with Crippen LogP contribution in [-0.2, 0) is 26.6 Å². The second kappa shape index (κ2) is 8.34. The summed E-state index contributed by atoms with van der Waals surface area (Å²) in [6, 6.07) is 5.54. The predicted octanol–water partition coefficient (Wildman–Crippen LogP) is 1.62. The predicted molar refractivity (Wildman–Crippen MR) is 106 cm³/mol. The molecule has 1 aliphatic heterocycles. The lowest BCUT2D eigenvalue weighted by atomic mass is 10.2. The zero-order chi connectivity index (χ0) is 21.2. The molecule has 0 saturated carbocycles. The van der Waals surface area contributed by atoms with Crippen molar-refractivity contribution in [2.24, 2.45) is 7.05 Å². The summed E-state index contributed by atoms with van der Waals surface area (Å²) in [6.07, 6.45) is 1.70. The fraction of sp³-hybridized carbons (Fsp3) is 0.421. The summed E-state index contributed by atoms with van der Waals surface area (Å²) in [7, 11) is -1.77. The Morgan fingerprint density at radius 2 is 1.76 bits per heavy atom. The average molecular weight is 420 g/mol. The van der Waals surface area contributed by atoms with Crippen LogP contribution in [0.5, 0.6) is 0 Å². The number of rotatable bonds is 6. The molecule has 9 nitrogen and oxygen atoms in total. The second-order valence-corrected chi connectivity index (χ2v) is 8.87. The number of benzene rings is 1. The summed E-state index contributed by atoms with van der Waals surface area (Å²) in [5.74, 6) is -1.18. The number of esters is 1. The molecule has 156 valence electrons. The number of nitrogens with zero attached hydrogens (tertiary/aromatic N) is 3. The summed E-state index contributed by atoms with van der Waals surface area (Å²) in [5, 5.41) is 6.89. The molecule has 1 saturated heterocycles. The first kappa shape index (κ1) is 21.0. The lowest BCUT2D eigenvalue weighted by Gasteiger charge is -2.15. The van der Waals surface area contributed by atoms with Gasteiger partial charge in [-0.3, -0.25) is 9.48 Å². The van der Waals surface area contributed by atoms with Crippen LogP contribution in [0.4, 0.5) is 5.69 Å². The van der Waals surface area contributed by atoms with Crippen molar-refractivity contribution in [3.8, 4) is 0 Å². The molecule has 0 unspecified atom stereocenters. The van der Waals surface area contributed by atoms with E-state index in [-0.39, 0.29) is 10.5 Å². The Kier molecular flexibility index (Phi) is 6.04. The molecule has 1 fully saturated rings. The average Bonchev–Trinajstić information content (AvgIpc) is 3.32. The van der Waals surface area contributed by atoms with Gasteiger partial charge in [-0.1, -0.05) is 0 Å². The van der Waals surface area contributed by atoms with Gasteiger partial charge in [-0.25, -0.2) is 13.2 Å². The van der Waals surface area contributed by atoms with Gasteiger partial charge in [-0.05, 0) is 51.0 Å². The molecule has 1 aromatic carbocycles. The van der Waals surface area contributed by atoms with Crippen molar-refractivity contribution in [3.63, 3.8) is 0 Å². The topological polar surface area (TPSA) is 111 Å². The van der Waals surface area contributed by atoms with Crippen LogP contribution >= 0.6 is 0 Å². The molecule has 1 aliphatic rings. The molecule has 0 radical (unpaired) electrons. The number of carbonyl (C=O) groups is 2. The number of amides is 1. The van der Waals surface area contributed by atoms with E-state index in [1.165, 1.54) is 28.6 Å². The Bertz CT molecular complexity index is 1020. The highest BCUT2D eigenvalue weighted by molar-refractivity contribution is 7.89. The van der Waals surface area contributed by atoms with Gasteiger partial charge < -0.3 is 10.1 Å². The second-order valence-electron chi connectivity index (χ2n) is 6.93. The van der Waals surface area contributed by atoms with Gasteiger partial charge in [0.15, 0.2) is 6.61 Å². The Balaban J connectivity index is 1.59. The van der Waals surface area contributed by atoms with Gasteiger partial charge in [-0.15, -0.1) is 0 Å². The fourth-order valence-electron chi connectivity index (χ4n) is 3.18. The lowest BCUT2D eigenvalue weighted by Crippen LogP contribution is -2.27. The third-order valence-corrected chi connectivity index (χ3v) is 6.81. The first-order valence-corrected chi connectivity index (χ1v) is 10.7. The number of aryl methyl sites for hydroxylation is 2. The van der Waals surface area contributed by atoms with E-state index in [2.05, 4.69) is 10.4 Å². The van der Waals surface area contributed by atoms with Crippen molar-refractivity contribution in [3.05, 3.63) is 41.2 Å². The van der Waals surface area contributed by atoms with Crippen molar-refractivity contribution in [1.82, 2.24) is 14.1 Å². The smallest absolute Gasteiger partial charge is 0.338 e. The summed E-state index contributed by atoms with van der Waals surface area (Å²) in [5.41, 5.74) is 2.22. The largest absolute Gasteiger partial charge is 0.452 e. The lowest BCUT2D eigenvalue weighted by molar-refractivity contribution is -0.119. The molecule has 3 rings (SSSR count). The standard InChI is InChI=1S/C19H24N4O5S/c1-13-18(14(2)22(3)21-13)20-17(24)12-28-19(25)15-6-8-16(9-7-15)29(26,27)23-10-4-5-11-23/h6-9H,4-5,10-12H2,1-3H3,(H,20,24). The van der Waals surface area contributed by atoms with E-state index in [1.54, 1.807) is 18.7 Å². The maximum Gasteiger partial charge on any atom is 0.338 e. The minimum absolute atomic E-state index is 0.135. The SMILES string of the molecule is Cc1nn(C)c(C)c1NC(=O)COC(=O)c1ccc(S(=O)(=O)N2CCCC2)cc1. The number of sulfonamides is 1. The van der Waals surface area contributed by atoms with E-state index < -0.39 is 28.5 Å². The molecule has 1 amide bonds. The first-order chi connectivity index (χ1) is 13.7. The van der Waals surface area contributed by atoms with E-state index in [1.807, 2.05) is 6.92 Å². The maximum atomic E-state index is 12.5. The van der Waals surface area contributed by atoms with Gasteiger partial charge >= 0.3 is 5.97 Å². The molecule has 1 N–H and O–H groups in total. The van der Waals surface area contributed by atoms with Crippen LogP contribution in [0, 0.1) is 13.8 Å². The molecular formula is C19H24N4O5S. The monoisotopic (exact) mass is 420 g/mol. The van der Waals surface area contributed by atoms with Crippen molar-refractivity contribution in [2.75, 3.05) is 25.0 Å². The highest BCUT2D eigenvalue weighted by Crippen LogP contribution is 2.21. The van der Waals surface area contributed by atoms with E-state index in [9.17, 15) is 18.0 Å². The highest BCUT2D eigenvalue weighted by atomic mass is 32.2. The molecule has 0 bridgehead atoms. The molecule has 29 heavy (non-hydrogen) atoms. The van der Waals surface area contributed by atoms with Crippen LogP contribution in [0.25, 0.3) is 0 Å². The molecule has 0 atom stereocenters. The van der Waals surface area contributed by atoms with Gasteiger partial charge in [0.1, 0.15) is 0 Å². The van der Waals surface area contributed by atoms with E-state index in [0.717, 1.165) is 18.5 Å². The number of nitrogens with one attached hydrogen (secondary N) is 1. The third kappa shape index (κ3) is 4.48. The molecule has 1 aromatic heterocycles. The minimum Gasteiger partial charge on any atom is -0.452 e. The van der Waals surface area contributed by atoms with Crippen molar-refractivity contribution in [2.45, 2.75) is 31.6 Å². The molecular weight excluding hydrogens is 396 g/mol. The van der Waals surface area contributed by atoms with Gasteiger partial charge in [0.05, 0.1) is 27.5 Å². The van der Waals surface area contributed by atoms with Crippen molar-refractivity contribution >= 4 is 27.6 Å². The molecule has 2 heterocycles. The number of hydrogen-bond acceptors (Lipinski definition) is 6. The van der Waals surface area contributed by atoms with Gasteiger partial charge in [0, 0.05) is 20.1 Å². The van der Waals surface area contributed by atoms with Gasteiger partial charge in [-0.2, -0.15) is 9.40 Å². The first-order valence-electron chi connectivity index (χ1n) is 9.27. The Labute approximate surface area is 169 Å². The van der Waals surface area contributed by atoms with Crippen LogP contribution in [0.3, 0.4) is 0 Å². The number of ether oxygens (including phenoxy) is 1. The summed E-state index contributed by atoms with van der Waals surface area (Å²) in [4.78, 5) is 24.4. The quantitative estimate of drug-likeness (QED) is 0.711. The van der Waals surface area contributed by atoms with Crippen LogP contribution in [0.1, 0.15) is 34.6 Å². The van der Waals surface area contributed by atoms with Crippen LogP contribution in [-0.4, -0.2) is 54.1 Å². The van der Waals surface area contributed by atoms with Gasteiger partial charge in [0.25, 0.3) is 5.91 Å². The Hall–Kier alpha value is -2.72. The zero-order valence-corrected chi connectivity index (χ0v) is 17.5. The number of carbonyl (C=O) groups excluding carboxylic acids is 2. The Morgan fingerprint density at radius 3 is 2.31 bits per heavy atom. The summed E-state index contributed by atoms with van der Waals surface area (Å²) in [6.45, 7) is 4.15. The summed E-state index contributed by atoms with van der Waals surface area (Å²) >= 11 is 0. The van der Waals surface area contributed by atoms with E-state index >= 15 is 0 Å². The number of aromatic nitrogens is 2. The van der Waals surface area contributed by atoms with Crippen LogP contribution in [0.2, 0.25) is 0 Å². The van der Waals surface area contributed by atoms with Gasteiger partial charge in [0.2, 0.25) is 10.0 Å². The Morgan fingerprint density at radius 1 is 1.14 bits per heavy atom. The molecule has 0 aliphatic carbocycles. The van der Waals surface area contributed by atoms with Crippen LogP contribution in [0.15, 0.2) is 29.2 Å². The van der Waals surface area contributed by atoms with Crippen LogP contribution < -0.4 is 5.32 Å².